The summed E-state index contributed by atoms with van der Waals surface area (Å²) in [5.41, 5.74) is 1.05. The summed E-state index contributed by atoms with van der Waals surface area (Å²) >= 11 is 0. The molecule has 2 rings (SSSR count). The average molecular weight is 292 g/mol. The van der Waals surface area contributed by atoms with Crippen LogP contribution >= 0.6 is 0 Å². The van der Waals surface area contributed by atoms with E-state index in [2.05, 4.69) is 5.32 Å². The number of nitrogens with zero attached hydrogens (tertiary/aromatic N) is 1. The fourth-order valence-corrected chi connectivity index (χ4v) is 2.11. The van der Waals surface area contributed by atoms with Crippen molar-refractivity contribution in [3.63, 3.8) is 0 Å². The maximum Gasteiger partial charge on any atom is 0.271 e. The molecule has 0 fully saturated rings. The molecule has 0 aliphatic rings. The van der Waals surface area contributed by atoms with Crippen LogP contribution in [0.2, 0.25) is 0 Å². The van der Waals surface area contributed by atoms with Gasteiger partial charge in [0.1, 0.15) is 11.6 Å². The first-order valence-corrected chi connectivity index (χ1v) is 6.35. The van der Waals surface area contributed by atoms with Crippen LogP contribution < -0.4 is 5.32 Å². The standard InChI is InChI=1S/C15H14F2N2O2/c1-9-6-7-11(19(20)21)8-14(9)18-10(2)15-12(16)4-3-5-13(15)17/h3-8,10,18H,1-2H3. The number of rotatable bonds is 4. The summed E-state index contributed by atoms with van der Waals surface area (Å²) in [6, 6.07) is 7.31. The molecular formula is C15H14F2N2O2. The number of benzene rings is 2. The molecule has 0 aliphatic heterocycles. The second kappa shape index (κ2) is 5.87. The smallest absolute Gasteiger partial charge is 0.271 e. The maximum atomic E-state index is 13.7. The molecule has 0 heterocycles. The van der Waals surface area contributed by atoms with Crippen molar-refractivity contribution in [2.45, 2.75) is 19.9 Å². The van der Waals surface area contributed by atoms with Gasteiger partial charge in [0, 0.05) is 23.4 Å². The Hall–Kier alpha value is -2.50. The number of anilines is 1. The van der Waals surface area contributed by atoms with Crippen LogP contribution in [0.3, 0.4) is 0 Å². The van der Waals surface area contributed by atoms with Gasteiger partial charge in [-0.15, -0.1) is 0 Å². The Balaban J connectivity index is 2.33. The van der Waals surface area contributed by atoms with Crippen LogP contribution in [-0.2, 0) is 0 Å². The van der Waals surface area contributed by atoms with Crippen molar-refractivity contribution in [3.05, 3.63) is 69.3 Å². The number of non-ortho nitro benzene ring substituents is 1. The van der Waals surface area contributed by atoms with E-state index in [1.54, 1.807) is 19.9 Å². The van der Waals surface area contributed by atoms with Gasteiger partial charge in [0.25, 0.3) is 5.69 Å². The number of hydrogen-bond donors (Lipinski definition) is 1. The summed E-state index contributed by atoms with van der Waals surface area (Å²) in [5.74, 6) is -1.31. The Morgan fingerprint density at radius 2 is 1.81 bits per heavy atom. The zero-order valence-electron chi connectivity index (χ0n) is 11.6. The Morgan fingerprint density at radius 3 is 2.38 bits per heavy atom. The van der Waals surface area contributed by atoms with Crippen molar-refractivity contribution in [1.82, 2.24) is 0 Å². The van der Waals surface area contributed by atoms with Crippen LogP contribution in [0, 0.1) is 28.7 Å². The molecule has 1 N–H and O–H groups in total. The summed E-state index contributed by atoms with van der Waals surface area (Å²) in [7, 11) is 0. The third-order valence-electron chi connectivity index (χ3n) is 3.24. The summed E-state index contributed by atoms with van der Waals surface area (Å²) in [5, 5.41) is 13.7. The van der Waals surface area contributed by atoms with Crippen molar-refractivity contribution in [2.75, 3.05) is 5.32 Å². The molecule has 4 nitrogen and oxygen atoms in total. The summed E-state index contributed by atoms with van der Waals surface area (Å²) in [6.07, 6.45) is 0. The van der Waals surface area contributed by atoms with E-state index >= 15 is 0 Å². The predicted molar refractivity (Wildman–Crippen MR) is 76.2 cm³/mol. The second-order valence-corrected chi connectivity index (χ2v) is 4.76. The zero-order chi connectivity index (χ0) is 15.6. The molecule has 0 amide bonds. The number of aryl methyl sites for hydroxylation is 1. The first kappa shape index (κ1) is 14.9. The minimum Gasteiger partial charge on any atom is -0.378 e. The zero-order valence-corrected chi connectivity index (χ0v) is 11.6. The number of halogens is 2. The van der Waals surface area contributed by atoms with Gasteiger partial charge in [-0.2, -0.15) is 0 Å². The molecule has 0 bridgehead atoms. The highest BCUT2D eigenvalue weighted by molar-refractivity contribution is 5.57. The number of nitro groups is 1. The average Bonchev–Trinajstić information content (AvgIpc) is 2.40. The second-order valence-electron chi connectivity index (χ2n) is 4.76. The Bertz CT molecular complexity index is 669. The SMILES string of the molecule is Cc1ccc([N+](=O)[O-])cc1NC(C)c1c(F)cccc1F. The first-order valence-electron chi connectivity index (χ1n) is 6.35. The van der Waals surface area contributed by atoms with Gasteiger partial charge >= 0.3 is 0 Å². The van der Waals surface area contributed by atoms with E-state index in [4.69, 9.17) is 0 Å². The number of hydrogen-bond acceptors (Lipinski definition) is 3. The monoisotopic (exact) mass is 292 g/mol. The highest BCUT2D eigenvalue weighted by Gasteiger charge is 2.17. The number of nitro benzene ring substituents is 1. The van der Waals surface area contributed by atoms with E-state index in [1.807, 2.05) is 0 Å². The van der Waals surface area contributed by atoms with E-state index in [0.29, 0.717) is 5.69 Å². The molecule has 0 aromatic heterocycles. The van der Waals surface area contributed by atoms with Gasteiger partial charge in [0.15, 0.2) is 0 Å². The van der Waals surface area contributed by atoms with E-state index in [9.17, 15) is 18.9 Å². The molecule has 2 aromatic carbocycles. The lowest BCUT2D eigenvalue weighted by atomic mass is 10.1. The van der Waals surface area contributed by atoms with Gasteiger partial charge in [-0.25, -0.2) is 8.78 Å². The van der Waals surface area contributed by atoms with Gasteiger partial charge < -0.3 is 5.32 Å². The van der Waals surface area contributed by atoms with Gasteiger partial charge in [-0.05, 0) is 31.5 Å². The molecule has 0 spiro atoms. The minimum atomic E-state index is -0.660. The fourth-order valence-electron chi connectivity index (χ4n) is 2.11. The molecule has 2 aromatic rings. The molecule has 1 unspecified atom stereocenters. The van der Waals surface area contributed by atoms with Crippen LogP contribution in [0.25, 0.3) is 0 Å². The lowest BCUT2D eigenvalue weighted by molar-refractivity contribution is -0.384. The van der Waals surface area contributed by atoms with Crippen molar-refractivity contribution in [2.24, 2.45) is 0 Å². The van der Waals surface area contributed by atoms with E-state index < -0.39 is 22.6 Å². The van der Waals surface area contributed by atoms with Gasteiger partial charge in [-0.3, -0.25) is 10.1 Å². The molecule has 0 aliphatic carbocycles. The lowest BCUT2D eigenvalue weighted by Crippen LogP contribution is -2.11. The summed E-state index contributed by atoms with van der Waals surface area (Å²) in [6.45, 7) is 3.36. The molecule has 0 saturated carbocycles. The summed E-state index contributed by atoms with van der Waals surface area (Å²) in [4.78, 5) is 10.3. The van der Waals surface area contributed by atoms with Crippen molar-refractivity contribution in [3.8, 4) is 0 Å². The fraction of sp³-hybridized carbons (Fsp3) is 0.200. The predicted octanol–water partition coefficient (Wildman–Crippen LogP) is 4.35. The molecule has 21 heavy (non-hydrogen) atoms. The van der Waals surface area contributed by atoms with Gasteiger partial charge in [-0.1, -0.05) is 12.1 Å². The molecule has 1 atom stereocenters. The van der Waals surface area contributed by atoms with Crippen LogP contribution in [0.1, 0.15) is 24.1 Å². The highest BCUT2D eigenvalue weighted by Crippen LogP contribution is 2.28. The highest BCUT2D eigenvalue weighted by atomic mass is 19.1. The van der Waals surface area contributed by atoms with Crippen LogP contribution in [0.15, 0.2) is 36.4 Å². The van der Waals surface area contributed by atoms with Crippen LogP contribution in [0.4, 0.5) is 20.2 Å². The largest absolute Gasteiger partial charge is 0.378 e. The third-order valence-corrected chi connectivity index (χ3v) is 3.24. The Kier molecular flexibility index (Phi) is 4.16. The third kappa shape index (κ3) is 3.16. The number of nitrogens with one attached hydrogen (secondary N) is 1. The first-order chi connectivity index (χ1) is 9.90. The maximum absolute atomic E-state index is 13.7. The Labute approximate surface area is 120 Å². The van der Waals surface area contributed by atoms with E-state index in [0.717, 1.165) is 5.56 Å². The molecule has 0 radical (unpaired) electrons. The normalized spacial score (nSPS) is 12.0. The molecule has 6 heteroatoms. The topological polar surface area (TPSA) is 55.2 Å². The molecular weight excluding hydrogens is 278 g/mol. The van der Waals surface area contributed by atoms with E-state index in [1.165, 1.54) is 30.3 Å². The minimum absolute atomic E-state index is 0.0793. The lowest BCUT2D eigenvalue weighted by Gasteiger charge is -2.18. The van der Waals surface area contributed by atoms with E-state index in [-0.39, 0.29) is 11.3 Å². The molecule has 0 saturated heterocycles. The van der Waals surface area contributed by atoms with Gasteiger partial charge in [0.05, 0.1) is 11.0 Å². The van der Waals surface area contributed by atoms with Crippen molar-refractivity contribution < 1.29 is 13.7 Å². The Morgan fingerprint density at radius 1 is 1.19 bits per heavy atom. The van der Waals surface area contributed by atoms with Crippen molar-refractivity contribution >= 4 is 11.4 Å². The van der Waals surface area contributed by atoms with Crippen LogP contribution in [0.5, 0.6) is 0 Å². The summed E-state index contributed by atoms with van der Waals surface area (Å²) < 4.78 is 27.4. The molecule has 110 valence electrons. The van der Waals surface area contributed by atoms with Gasteiger partial charge in [0.2, 0.25) is 0 Å². The van der Waals surface area contributed by atoms with Crippen molar-refractivity contribution in [1.29, 1.82) is 0 Å². The van der Waals surface area contributed by atoms with Crippen LogP contribution in [-0.4, -0.2) is 4.92 Å². The quantitative estimate of drug-likeness (QED) is 0.673.